The number of benzene rings is 5. The lowest BCUT2D eigenvalue weighted by Gasteiger charge is -2.27. The van der Waals surface area contributed by atoms with E-state index < -0.39 is 60.4 Å². The molecular formula is C38H31NO2. The summed E-state index contributed by atoms with van der Waals surface area (Å²) in [6.45, 7) is 0. The summed E-state index contributed by atoms with van der Waals surface area (Å²) in [5, 5.41) is 0. The molecule has 0 aliphatic carbocycles. The lowest BCUT2D eigenvalue weighted by Crippen LogP contribution is -2.10. The first-order valence-electron chi connectivity index (χ1n) is 19.1. The van der Waals surface area contributed by atoms with Crippen molar-refractivity contribution in [3.05, 3.63) is 137 Å². The van der Waals surface area contributed by atoms with Crippen molar-refractivity contribution in [1.82, 2.24) is 0 Å². The highest BCUT2D eigenvalue weighted by atomic mass is 16.5. The number of rotatable bonds is 5. The zero-order chi connectivity index (χ0) is 35.6. The molecule has 3 nitrogen and oxygen atoms in total. The Morgan fingerprint density at radius 2 is 0.902 bits per heavy atom. The number of fused-ring (bicyclic) bond motifs is 10. The van der Waals surface area contributed by atoms with Gasteiger partial charge in [0.2, 0.25) is 0 Å². The third-order valence-corrected chi connectivity index (χ3v) is 8.86. The third-order valence-electron chi connectivity index (χ3n) is 8.86. The summed E-state index contributed by atoms with van der Waals surface area (Å²) < 4.78 is 98.7. The summed E-state index contributed by atoms with van der Waals surface area (Å²) in [5.41, 5.74) is 7.35. The van der Waals surface area contributed by atoms with Crippen LogP contribution >= 0.6 is 0 Å². The highest BCUT2D eigenvalue weighted by Gasteiger charge is 2.39. The predicted octanol–water partition coefficient (Wildman–Crippen LogP) is 10.3. The molecule has 5 aromatic carbocycles. The van der Waals surface area contributed by atoms with Crippen LogP contribution in [0, 0.1) is 0 Å². The van der Waals surface area contributed by atoms with Gasteiger partial charge in [0.25, 0.3) is 0 Å². The van der Waals surface area contributed by atoms with Crippen LogP contribution in [0.1, 0.15) is 86.1 Å². The number of para-hydroxylation sites is 2. The molecule has 200 valence electrons. The summed E-state index contributed by atoms with van der Waals surface area (Å²) in [6.07, 6.45) is 4.00. The van der Waals surface area contributed by atoms with Crippen LogP contribution in [0.15, 0.2) is 115 Å². The van der Waals surface area contributed by atoms with Crippen LogP contribution in [0.3, 0.4) is 0 Å². The van der Waals surface area contributed by atoms with E-state index in [4.69, 9.17) is 23.2 Å². The van der Waals surface area contributed by atoms with E-state index in [0.717, 1.165) is 59.1 Å². The standard InChI is InChI=1S/C38H31NO2/c1-3-7-28(8-4-1)39(29-9-5-2-6-10-29)30-20-26(24-11-13-31-33(22-24)37-17-15-35(31)40-37)19-27(21-30)25-12-14-32-34(23-25)38-18-16-36(32)41-38/h1-14,19-23,35-38H,15-18H2/i1D,2D,3D,4D,5D,6D,7D,8D,9D,10D. The largest absolute Gasteiger partial charge is 0.366 e. The summed E-state index contributed by atoms with van der Waals surface area (Å²) in [6, 6.07) is 12.0. The molecule has 4 aliphatic rings. The van der Waals surface area contributed by atoms with Crippen molar-refractivity contribution in [1.29, 1.82) is 0 Å². The molecule has 0 amide bonds. The lowest BCUT2D eigenvalue weighted by molar-refractivity contribution is 0.0715. The summed E-state index contributed by atoms with van der Waals surface area (Å²) in [5.74, 6) is 0. The van der Waals surface area contributed by atoms with E-state index in [0.29, 0.717) is 0 Å². The van der Waals surface area contributed by atoms with E-state index in [1.165, 1.54) is 16.0 Å². The first-order valence-corrected chi connectivity index (χ1v) is 14.1. The normalized spacial score (nSPS) is 26.4. The zero-order valence-electron chi connectivity index (χ0n) is 32.1. The number of hydrogen-bond donors (Lipinski definition) is 0. The molecule has 0 saturated carbocycles. The Labute approximate surface area is 255 Å². The van der Waals surface area contributed by atoms with E-state index in [1.54, 1.807) is 12.1 Å². The van der Waals surface area contributed by atoms with Crippen LogP contribution in [0.2, 0.25) is 0 Å². The Bertz CT molecular complexity index is 2130. The molecule has 4 aliphatic heterocycles. The number of hydrogen-bond acceptors (Lipinski definition) is 3. The number of ether oxygens (including phenoxy) is 2. The minimum atomic E-state index is -0.609. The molecule has 5 aromatic rings. The van der Waals surface area contributed by atoms with Crippen LogP contribution in [0.25, 0.3) is 22.3 Å². The fourth-order valence-corrected chi connectivity index (χ4v) is 7.00. The maximum absolute atomic E-state index is 8.96. The minimum absolute atomic E-state index is 0.00778. The average molecular weight is 544 g/mol. The molecule has 0 spiro atoms. The topological polar surface area (TPSA) is 21.7 Å². The van der Waals surface area contributed by atoms with Gasteiger partial charge >= 0.3 is 0 Å². The second kappa shape index (κ2) is 9.17. The van der Waals surface area contributed by atoms with Gasteiger partial charge < -0.3 is 14.4 Å². The van der Waals surface area contributed by atoms with Crippen LogP contribution in [-0.2, 0) is 9.47 Å². The average Bonchev–Trinajstić information content (AvgIpc) is 3.97. The van der Waals surface area contributed by atoms with Gasteiger partial charge in [0.05, 0.1) is 38.1 Å². The van der Waals surface area contributed by atoms with Crippen LogP contribution < -0.4 is 4.90 Å². The molecule has 41 heavy (non-hydrogen) atoms. The van der Waals surface area contributed by atoms with Crippen LogP contribution in [0.5, 0.6) is 0 Å². The SMILES string of the molecule is [2H]c1c([2H])c([2H])c(N(c2cc(-c3ccc4c(c3)C3CCC4O3)cc(-c3ccc4c(c3)C3CCC4O3)c2)c2c([2H])c([2H])c([2H])c([2H])c2[2H])c([2H])c1[2H]. The molecule has 2 fully saturated rings. The van der Waals surface area contributed by atoms with Gasteiger partial charge in [0.15, 0.2) is 0 Å². The van der Waals surface area contributed by atoms with Gasteiger partial charge in [-0.25, -0.2) is 0 Å². The summed E-state index contributed by atoms with van der Waals surface area (Å²) in [4.78, 5) is 1.23. The molecule has 4 unspecified atom stereocenters. The highest BCUT2D eigenvalue weighted by Crippen LogP contribution is 2.53. The smallest absolute Gasteiger partial charge is 0.0838 e. The van der Waals surface area contributed by atoms with Gasteiger partial charge in [-0.2, -0.15) is 0 Å². The van der Waals surface area contributed by atoms with Crippen molar-refractivity contribution < 1.29 is 23.2 Å². The molecule has 2 saturated heterocycles. The Kier molecular flexibility index (Phi) is 3.52. The van der Waals surface area contributed by atoms with Crippen molar-refractivity contribution >= 4 is 17.1 Å². The van der Waals surface area contributed by atoms with Gasteiger partial charge in [-0.1, -0.05) is 60.5 Å². The molecule has 9 rings (SSSR count). The maximum Gasteiger partial charge on any atom is 0.0838 e. The molecule has 0 radical (unpaired) electrons. The fourth-order valence-electron chi connectivity index (χ4n) is 7.00. The monoisotopic (exact) mass is 543 g/mol. The second-order valence-corrected chi connectivity index (χ2v) is 11.1. The molecule has 0 aromatic heterocycles. The Morgan fingerprint density at radius 1 is 0.463 bits per heavy atom. The summed E-state index contributed by atoms with van der Waals surface area (Å²) >= 11 is 0. The van der Waals surface area contributed by atoms with Gasteiger partial charge in [-0.05, 0) is 125 Å². The molecule has 0 N–H and O–H groups in total. The van der Waals surface area contributed by atoms with Gasteiger partial charge in [-0.3, -0.25) is 0 Å². The van der Waals surface area contributed by atoms with Crippen LogP contribution in [0.4, 0.5) is 17.1 Å². The van der Waals surface area contributed by atoms with E-state index in [2.05, 4.69) is 24.3 Å². The Balaban J connectivity index is 1.34. The van der Waals surface area contributed by atoms with Crippen molar-refractivity contribution in [2.75, 3.05) is 4.90 Å². The Hall–Kier alpha value is -4.18. The van der Waals surface area contributed by atoms with E-state index in [1.807, 2.05) is 18.2 Å². The summed E-state index contributed by atoms with van der Waals surface area (Å²) in [7, 11) is 0. The molecule has 4 bridgehead atoms. The molecule has 4 heterocycles. The number of anilines is 3. The number of nitrogens with zero attached hydrogens (tertiary/aromatic N) is 1. The van der Waals surface area contributed by atoms with E-state index >= 15 is 0 Å². The van der Waals surface area contributed by atoms with Crippen molar-refractivity contribution in [2.24, 2.45) is 0 Å². The van der Waals surface area contributed by atoms with Crippen molar-refractivity contribution in [3.63, 3.8) is 0 Å². The van der Waals surface area contributed by atoms with Gasteiger partial charge in [0.1, 0.15) is 0 Å². The van der Waals surface area contributed by atoms with Crippen molar-refractivity contribution in [2.45, 2.75) is 50.1 Å². The highest BCUT2D eigenvalue weighted by molar-refractivity contribution is 5.85. The molecule has 3 heteroatoms. The first kappa shape index (κ1) is 15.7. The maximum atomic E-state index is 8.96. The molecular weight excluding hydrogens is 502 g/mol. The lowest BCUT2D eigenvalue weighted by atomic mass is 9.87. The Morgan fingerprint density at radius 3 is 1.37 bits per heavy atom. The second-order valence-electron chi connectivity index (χ2n) is 11.1. The third kappa shape index (κ3) is 3.80. The van der Waals surface area contributed by atoms with E-state index in [9.17, 15) is 0 Å². The van der Waals surface area contributed by atoms with Gasteiger partial charge in [-0.15, -0.1) is 0 Å². The fraction of sp³-hybridized carbons (Fsp3) is 0.211. The zero-order valence-corrected chi connectivity index (χ0v) is 22.1. The van der Waals surface area contributed by atoms with Crippen molar-refractivity contribution in [3.8, 4) is 22.3 Å². The predicted molar refractivity (Wildman–Crippen MR) is 164 cm³/mol. The molecule has 4 atom stereocenters. The quantitative estimate of drug-likeness (QED) is 0.220. The first-order chi connectivity index (χ1) is 24.4. The van der Waals surface area contributed by atoms with Gasteiger partial charge in [0, 0.05) is 17.1 Å². The van der Waals surface area contributed by atoms with E-state index in [-0.39, 0.29) is 41.5 Å². The van der Waals surface area contributed by atoms with Crippen LogP contribution in [-0.4, -0.2) is 0 Å². The minimum Gasteiger partial charge on any atom is -0.366 e.